The van der Waals surface area contributed by atoms with E-state index in [1.807, 2.05) is 0 Å². The van der Waals surface area contributed by atoms with Crippen LogP contribution in [-0.2, 0) is 16.0 Å². The van der Waals surface area contributed by atoms with Gasteiger partial charge in [0.15, 0.2) is 0 Å². The van der Waals surface area contributed by atoms with Gasteiger partial charge in [-0.1, -0.05) is 13.0 Å². The predicted molar refractivity (Wildman–Crippen MR) is 133 cm³/mol. The first kappa shape index (κ1) is 25.0. The quantitative estimate of drug-likeness (QED) is 0.594. The minimum Gasteiger partial charge on any atom is -0.497 e. The number of nitrogens with zero attached hydrogens (tertiary/aromatic N) is 1. The molecule has 188 valence electrons. The summed E-state index contributed by atoms with van der Waals surface area (Å²) in [6, 6.07) is 7.45. The number of nitrogens with one attached hydrogen (secondary N) is 1. The van der Waals surface area contributed by atoms with Crippen LogP contribution in [0.2, 0.25) is 0 Å². The lowest BCUT2D eigenvalue weighted by Gasteiger charge is -2.51. The molecule has 5 rings (SSSR count). The number of carbonyl (C=O) groups is 2. The van der Waals surface area contributed by atoms with Crippen molar-refractivity contribution < 1.29 is 19.4 Å². The highest BCUT2D eigenvalue weighted by Gasteiger charge is 2.54. The molecule has 34 heavy (non-hydrogen) atoms. The first-order chi connectivity index (χ1) is 16.3. The van der Waals surface area contributed by atoms with Gasteiger partial charge in [0.25, 0.3) is 5.97 Å². The van der Waals surface area contributed by atoms with E-state index in [1.165, 1.54) is 44.1 Å². The number of amides is 1. The van der Waals surface area contributed by atoms with Crippen LogP contribution in [0.25, 0.3) is 0 Å². The minimum atomic E-state index is -0.833. The van der Waals surface area contributed by atoms with E-state index in [9.17, 15) is 4.79 Å². The molecule has 6 nitrogen and oxygen atoms in total. The van der Waals surface area contributed by atoms with Gasteiger partial charge in [0, 0.05) is 32.5 Å². The minimum absolute atomic E-state index is 0.358. The summed E-state index contributed by atoms with van der Waals surface area (Å²) in [5.74, 6) is 2.98. The van der Waals surface area contributed by atoms with E-state index in [0.29, 0.717) is 17.4 Å². The van der Waals surface area contributed by atoms with E-state index in [0.717, 1.165) is 69.3 Å². The molecule has 6 heteroatoms. The van der Waals surface area contributed by atoms with Crippen molar-refractivity contribution in [2.24, 2.45) is 17.3 Å². The number of methoxy groups -OCH3 is 1. The number of rotatable bonds is 6. The number of carboxylic acids is 1. The van der Waals surface area contributed by atoms with Gasteiger partial charge < -0.3 is 20.1 Å². The molecule has 0 spiro atoms. The lowest BCUT2D eigenvalue weighted by Crippen LogP contribution is -2.49. The Kier molecular flexibility index (Phi) is 7.86. The topological polar surface area (TPSA) is 78.9 Å². The molecule has 3 aliphatic carbocycles. The van der Waals surface area contributed by atoms with E-state index in [1.54, 1.807) is 12.7 Å². The standard InChI is InChI=1S/C26H38N2O2.C2H4O2/c1-26-13-12-21-20-9-7-19(30-2)17-18(20)6-8-22(21)23(26)10-11-24(26)27-14-4-16-28-15-3-5-25(28)29;1-2(3)4/h7,9,17,21-24,27H,3-6,8,10-16H2,1-2H3;1H3,(H,3,4)/t21-,22-,23+,24+,26+;/m1./s1. The smallest absolute Gasteiger partial charge is 0.300 e. The van der Waals surface area contributed by atoms with Crippen molar-refractivity contribution in [3.8, 4) is 5.75 Å². The molecule has 0 aromatic heterocycles. The van der Waals surface area contributed by atoms with Gasteiger partial charge in [-0.05, 0) is 104 Å². The summed E-state index contributed by atoms with van der Waals surface area (Å²) >= 11 is 0. The molecule has 3 fully saturated rings. The average Bonchev–Trinajstić information content (AvgIpc) is 3.38. The highest BCUT2D eigenvalue weighted by molar-refractivity contribution is 5.78. The monoisotopic (exact) mass is 470 g/mol. The predicted octanol–water partition coefficient (Wildman–Crippen LogP) is 4.61. The molecule has 0 bridgehead atoms. The van der Waals surface area contributed by atoms with Crippen molar-refractivity contribution in [3.05, 3.63) is 29.3 Å². The number of carbonyl (C=O) groups excluding carboxylic acids is 1. The lowest BCUT2D eigenvalue weighted by molar-refractivity contribution is -0.134. The Morgan fingerprint density at radius 1 is 1.24 bits per heavy atom. The number of benzene rings is 1. The molecule has 2 saturated carbocycles. The van der Waals surface area contributed by atoms with Crippen LogP contribution in [0.5, 0.6) is 5.75 Å². The molecule has 0 radical (unpaired) electrons. The Bertz CT molecular complexity index is 883. The maximum Gasteiger partial charge on any atom is 0.300 e. The second-order valence-corrected chi connectivity index (χ2v) is 11.0. The molecule has 4 aliphatic rings. The zero-order valence-electron chi connectivity index (χ0n) is 21.1. The van der Waals surface area contributed by atoms with Crippen LogP contribution in [0.4, 0.5) is 0 Å². The van der Waals surface area contributed by atoms with Gasteiger partial charge in [-0.2, -0.15) is 0 Å². The van der Waals surface area contributed by atoms with Crippen LogP contribution in [0.3, 0.4) is 0 Å². The van der Waals surface area contributed by atoms with Crippen molar-refractivity contribution in [2.45, 2.75) is 83.6 Å². The Morgan fingerprint density at radius 2 is 2.03 bits per heavy atom. The van der Waals surface area contributed by atoms with E-state index in [2.05, 4.69) is 35.3 Å². The molecule has 1 heterocycles. The molecule has 1 amide bonds. The molecular formula is C28H42N2O4. The average molecular weight is 471 g/mol. The van der Waals surface area contributed by atoms with Gasteiger partial charge in [-0.15, -0.1) is 0 Å². The third-order valence-electron chi connectivity index (χ3n) is 9.10. The normalized spacial score (nSPS) is 31.7. The number of aliphatic carboxylic acids is 1. The summed E-state index contributed by atoms with van der Waals surface area (Å²) in [7, 11) is 1.77. The number of hydrogen-bond donors (Lipinski definition) is 2. The van der Waals surface area contributed by atoms with Gasteiger partial charge >= 0.3 is 0 Å². The molecule has 1 saturated heterocycles. The van der Waals surface area contributed by atoms with E-state index >= 15 is 0 Å². The fraction of sp³-hybridized carbons (Fsp3) is 0.714. The SMILES string of the molecule is CC(=O)O.COc1ccc2c(c1)CC[C@@H]1[C@@H]2CC[C@]2(C)[C@@H](NCCCN3CCCC3=O)CC[C@@H]12. The molecule has 5 atom stereocenters. The van der Waals surface area contributed by atoms with Crippen molar-refractivity contribution in [1.29, 1.82) is 0 Å². The highest BCUT2D eigenvalue weighted by atomic mass is 16.5. The van der Waals surface area contributed by atoms with Crippen molar-refractivity contribution in [1.82, 2.24) is 10.2 Å². The summed E-state index contributed by atoms with van der Waals surface area (Å²) in [6.45, 7) is 6.61. The van der Waals surface area contributed by atoms with Gasteiger partial charge in [0.2, 0.25) is 5.91 Å². The van der Waals surface area contributed by atoms with E-state index in [4.69, 9.17) is 14.6 Å². The van der Waals surface area contributed by atoms with E-state index < -0.39 is 5.97 Å². The largest absolute Gasteiger partial charge is 0.497 e. The van der Waals surface area contributed by atoms with Crippen LogP contribution in [-0.4, -0.2) is 54.7 Å². The molecule has 1 aromatic rings. The molecular weight excluding hydrogens is 428 g/mol. The number of hydrogen-bond acceptors (Lipinski definition) is 4. The van der Waals surface area contributed by atoms with Gasteiger partial charge in [-0.25, -0.2) is 0 Å². The number of aryl methyl sites for hydroxylation is 1. The fourth-order valence-corrected chi connectivity index (χ4v) is 7.51. The van der Waals surface area contributed by atoms with Crippen molar-refractivity contribution in [3.63, 3.8) is 0 Å². The first-order valence-corrected chi connectivity index (χ1v) is 13.2. The van der Waals surface area contributed by atoms with Crippen LogP contribution in [0.15, 0.2) is 18.2 Å². The summed E-state index contributed by atoms with van der Waals surface area (Å²) in [6.07, 6.45) is 10.8. The van der Waals surface area contributed by atoms with E-state index in [-0.39, 0.29) is 0 Å². The number of fused-ring (bicyclic) bond motifs is 5. The fourth-order valence-electron chi connectivity index (χ4n) is 7.51. The second-order valence-electron chi connectivity index (χ2n) is 11.0. The molecule has 1 aromatic carbocycles. The molecule has 2 N–H and O–H groups in total. The zero-order chi connectivity index (χ0) is 24.3. The van der Waals surface area contributed by atoms with Crippen LogP contribution < -0.4 is 10.1 Å². The highest BCUT2D eigenvalue weighted by Crippen LogP contribution is 2.60. The number of ether oxygens (including phenoxy) is 1. The third kappa shape index (κ3) is 5.12. The maximum atomic E-state index is 11.8. The second kappa shape index (κ2) is 10.7. The third-order valence-corrected chi connectivity index (χ3v) is 9.10. The summed E-state index contributed by atoms with van der Waals surface area (Å²) in [4.78, 5) is 22.9. The van der Waals surface area contributed by atoms with Gasteiger partial charge in [0.1, 0.15) is 5.75 Å². The summed E-state index contributed by atoms with van der Waals surface area (Å²) in [5.41, 5.74) is 3.58. The summed E-state index contributed by atoms with van der Waals surface area (Å²) in [5, 5.41) is 11.4. The zero-order valence-corrected chi connectivity index (χ0v) is 21.1. The van der Waals surface area contributed by atoms with Crippen LogP contribution in [0, 0.1) is 17.3 Å². The Morgan fingerprint density at radius 3 is 2.74 bits per heavy atom. The van der Waals surface area contributed by atoms with Gasteiger partial charge in [-0.3, -0.25) is 9.59 Å². The Labute approximate surface area is 204 Å². The molecule has 0 unspecified atom stereocenters. The van der Waals surface area contributed by atoms with Crippen LogP contribution >= 0.6 is 0 Å². The number of likely N-dealkylation sites (tertiary alicyclic amines) is 1. The summed E-state index contributed by atoms with van der Waals surface area (Å²) < 4.78 is 5.47. The van der Waals surface area contributed by atoms with Crippen molar-refractivity contribution in [2.75, 3.05) is 26.7 Å². The van der Waals surface area contributed by atoms with Crippen LogP contribution in [0.1, 0.15) is 82.3 Å². The molecule has 1 aliphatic heterocycles. The Balaban J connectivity index is 0.000000636. The lowest BCUT2D eigenvalue weighted by atomic mass is 9.55. The van der Waals surface area contributed by atoms with Crippen molar-refractivity contribution >= 4 is 11.9 Å². The Hall–Kier alpha value is -2.08. The van der Waals surface area contributed by atoms with Gasteiger partial charge in [0.05, 0.1) is 7.11 Å². The first-order valence-electron chi connectivity index (χ1n) is 13.2. The number of carboxylic acid groups (broad SMARTS) is 1. The maximum absolute atomic E-state index is 11.8.